The van der Waals surface area contributed by atoms with Crippen molar-refractivity contribution >= 4 is 0 Å². The zero-order chi connectivity index (χ0) is 22.1. The quantitative estimate of drug-likeness (QED) is 0.481. The summed E-state index contributed by atoms with van der Waals surface area (Å²) in [5.41, 5.74) is -3.67. The predicted octanol–water partition coefficient (Wildman–Crippen LogP) is 4.58. The van der Waals surface area contributed by atoms with Gasteiger partial charge in [-0.05, 0) is 6.42 Å². The van der Waals surface area contributed by atoms with Crippen LogP contribution in [-0.2, 0) is 0 Å². The van der Waals surface area contributed by atoms with Crippen molar-refractivity contribution in [3.8, 4) is 12.1 Å². The Balaban J connectivity index is 5.85. The lowest BCUT2D eigenvalue weighted by atomic mass is 9.80. The van der Waals surface area contributed by atoms with E-state index in [1.54, 1.807) is 0 Å². The van der Waals surface area contributed by atoms with Gasteiger partial charge in [0.1, 0.15) is 0 Å². The Morgan fingerprint density at radius 3 is 1.48 bits per heavy atom. The van der Waals surface area contributed by atoms with Crippen LogP contribution in [0.3, 0.4) is 0 Å². The van der Waals surface area contributed by atoms with E-state index in [0.717, 1.165) is 0 Å². The molecule has 0 spiro atoms. The van der Waals surface area contributed by atoms with Crippen LogP contribution >= 0.6 is 0 Å². The first-order valence-corrected chi connectivity index (χ1v) is 6.48. The van der Waals surface area contributed by atoms with Crippen molar-refractivity contribution in [2.75, 3.05) is 0 Å². The third-order valence-corrected chi connectivity index (χ3v) is 3.39. The molecule has 0 rings (SSSR count). The zero-order valence-corrected chi connectivity index (χ0v) is 12.6. The molecule has 0 amide bonds. The van der Waals surface area contributed by atoms with E-state index in [1.165, 1.54) is 0 Å². The molecule has 0 bridgehead atoms. The van der Waals surface area contributed by atoms with E-state index in [0.29, 0.717) is 12.1 Å². The number of aliphatic hydroxyl groups is 1. The average Bonchev–Trinajstić information content (AvgIpc) is 2.48. The molecule has 0 aliphatic heterocycles. The van der Waals surface area contributed by atoms with Gasteiger partial charge in [0, 0.05) is 12.8 Å². The molecule has 1 N–H and O–H groups in total. The first kappa shape index (κ1) is 25.1. The second-order valence-corrected chi connectivity index (χ2v) is 5.39. The van der Waals surface area contributed by atoms with E-state index < -0.39 is 60.9 Å². The van der Waals surface area contributed by atoms with Crippen LogP contribution in [0.2, 0.25) is 0 Å². The second-order valence-electron chi connectivity index (χ2n) is 5.39. The molecule has 0 heterocycles. The number of alkyl halides is 12. The summed E-state index contributed by atoms with van der Waals surface area (Å²) < 4.78 is 151. The van der Waals surface area contributed by atoms with E-state index in [1.807, 2.05) is 0 Å². The minimum absolute atomic E-state index is 0.569. The molecule has 0 saturated heterocycles. The second kappa shape index (κ2) is 7.26. The van der Waals surface area contributed by atoms with Crippen molar-refractivity contribution < 1.29 is 57.8 Å². The summed E-state index contributed by atoms with van der Waals surface area (Å²) in [6.07, 6.45) is -19.0. The Morgan fingerprint density at radius 2 is 1.19 bits per heavy atom. The van der Waals surface area contributed by atoms with Gasteiger partial charge < -0.3 is 5.11 Å². The van der Waals surface area contributed by atoms with Crippen molar-refractivity contribution in [3.05, 3.63) is 0 Å². The molecule has 0 aliphatic rings. The molecule has 2 atom stereocenters. The van der Waals surface area contributed by atoms with Crippen LogP contribution < -0.4 is 0 Å². The Kier molecular flexibility index (Phi) is 6.75. The lowest BCUT2D eigenvalue weighted by molar-refractivity contribution is -0.398. The van der Waals surface area contributed by atoms with Crippen molar-refractivity contribution in [3.63, 3.8) is 0 Å². The summed E-state index contributed by atoms with van der Waals surface area (Å²) >= 11 is 0. The lowest BCUT2D eigenvalue weighted by Crippen LogP contribution is -2.61. The fourth-order valence-corrected chi connectivity index (χ4v) is 1.75. The van der Waals surface area contributed by atoms with Gasteiger partial charge in [-0.2, -0.15) is 63.2 Å². The van der Waals surface area contributed by atoms with E-state index in [9.17, 15) is 57.8 Å². The zero-order valence-electron chi connectivity index (χ0n) is 12.6. The van der Waals surface area contributed by atoms with Crippen LogP contribution in [0.4, 0.5) is 52.7 Å². The SMILES string of the molecule is N#CC(CC(F)(F)C(F)(F)C(F)(F)C(F)(F)F)C(O)(C#N)CCC(F)(F)F. The maximum absolute atomic E-state index is 13.5. The molecule has 0 aliphatic carbocycles. The molecule has 0 aromatic rings. The van der Waals surface area contributed by atoms with Crippen LogP contribution in [0.15, 0.2) is 0 Å². The van der Waals surface area contributed by atoms with Crippen molar-refractivity contribution in [2.45, 2.75) is 55.0 Å². The Morgan fingerprint density at radius 1 is 0.741 bits per heavy atom. The molecule has 0 aromatic carbocycles. The summed E-state index contributed by atoms with van der Waals surface area (Å²) in [6, 6.07) is 1.16. The fraction of sp³-hybridized carbons (Fsp3) is 0.833. The number of halogens is 12. The minimum atomic E-state index is -7.28. The average molecular weight is 424 g/mol. The topological polar surface area (TPSA) is 67.8 Å². The summed E-state index contributed by atoms with van der Waals surface area (Å²) in [7, 11) is 0. The third kappa shape index (κ3) is 5.09. The third-order valence-electron chi connectivity index (χ3n) is 3.39. The summed E-state index contributed by atoms with van der Waals surface area (Å²) in [4.78, 5) is 0. The molecule has 0 fully saturated rings. The van der Waals surface area contributed by atoms with Gasteiger partial charge in [-0.25, -0.2) is 0 Å². The summed E-state index contributed by atoms with van der Waals surface area (Å²) in [5.74, 6) is -23.9. The molecule has 3 nitrogen and oxygen atoms in total. The first-order chi connectivity index (χ1) is 11.7. The van der Waals surface area contributed by atoms with Crippen LogP contribution in [0.25, 0.3) is 0 Å². The number of nitrogens with zero attached hydrogens (tertiary/aromatic N) is 2. The molecule has 156 valence electrons. The van der Waals surface area contributed by atoms with Crippen LogP contribution in [0.1, 0.15) is 19.3 Å². The highest BCUT2D eigenvalue weighted by Gasteiger charge is 2.81. The molecular weight excluding hydrogens is 416 g/mol. The molecule has 15 heteroatoms. The molecule has 0 saturated carbocycles. The smallest absolute Gasteiger partial charge is 0.374 e. The molecule has 27 heavy (non-hydrogen) atoms. The monoisotopic (exact) mass is 424 g/mol. The van der Waals surface area contributed by atoms with Gasteiger partial charge in [-0.3, -0.25) is 0 Å². The van der Waals surface area contributed by atoms with Crippen molar-refractivity contribution in [1.82, 2.24) is 0 Å². The number of rotatable bonds is 7. The summed E-state index contributed by atoms with van der Waals surface area (Å²) in [5, 5.41) is 26.7. The number of hydrogen-bond donors (Lipinski definition) is 1. The molecule has 0 aromatic heterocycles. The largest absolute Gasteiger partial charge is 0.460 e. The first-order valence-electron chi connectivity index (χ1n) is 6.48. The van der Waals surface area contributed by atoms with Gasteiger partial charge in [-0.1, -0.05) is 0 Å². The van der Waals surface area contributed by atoms with Crippen LogP contribution in [-0.4, -0.2) is 40.8 Å². The fourth-order valence-electron chi connectivity index (χ4n) is 1.75. The van der Waals surface area contributed by atoms with Crippen LogP contribution in [0, 0.1) is 28.6 Å². The van der Waals surface area contributed by atoms with E-state index >= 15 is 0 Å². The van der Waals surface area contributed by atoms with Gasteiger partial charge in [0.05, 0.1) is 18.1 Å². The van der Waals surface area contributed by atoms with Gasteiger partial charge in [-0.15, -0.1) is 0 Å². The Labute approximate surface area is 142 Å². The number of nitriles is 2. The Bertz CT molecular complexity index is 612. The normalized spacial score (nSPS) is 17.6. The van der Waals surface area contributed by atoms with Gasteiger partial charge in [0.2, 0.25) is 0 Å². The highest BCUT2D eigenvalue weighted by atomic mass is 19.4. The molecule has 2 unspecified atom stereocenters. The maximum Gasteiger partial charge on any atom is 0.460 e. The van der Waals surface area contributed by atoms with Crippen LogP contribution in [0.5, 0.6) is 0 Å². The van der Waals surface area contributed by atoms with E-state index in [-0.39, 0.29) is 0 Å². The highest BCUT2D eigenvalue weighted by Crippen LogP contribution is 2.55. The predicted molar refractivity (Wildman–Crippen MR) is 60.5 cm³/mol. The van der Waals surface area contributed by atoms with Crippen molar-refractivity contribution in [2.24, 2.45) is 5.92 Å². The van der Waals surface area contributed by atoms with Gasteiger partial charge in [0.25, 0.3) is 0 Å². The Hall–Kier alpha value is -1.90. The van der Waals surface area contributed by atoms with Crippen molar-refractivity contribution in [1.29, 1.82) is 10.5 Å². The highest BCUT2D eigenvalue weighted by molar-refractivity contribution is 5.14. The summed E-state index contributed by atoms with van der Waals surface area (Å²) in [6.45, 7) is 0. The molecule has 0 radical (unpaired) electrons. The lowest BCUT2D eigenvalue weighted by Gasteiger charge is -2.36. The van der Waals surface area contributed by atoms with Gasteiger partial charge >= 0.3 is 30.1 Å². The minimum Gasteiger partial charge on any atom is -0.374 e. The van der Waals surface area contributed by atoms with E-state index in [4.69, 9.17) is 10.5 Å². The van der Waals surface area contributed by atoms with E-state index in [2.05, 4.69) is 0 Å². The standard InChI is InChI=1S/C12H8F12N2O/c13-8(14,10(18,19)11(20,21)12(22,23)24)3-6(4-25)7(27,5-26)1-2-9(15,16)17/h6,27H,1-3H2. The molecular formula is C12H8F12N2O. The maximum atomic E-state index is 13.5. The van der Waals surface area contributed by atoms with Gasteiger partial charge in [0.15, 0.2) is 5.60 Å². The number of hydrogen-bond acceptors (Lipinski definition) is 3.